The predicted octanol–water partition coefficient (Wildman–Crippen LogP) is 3.70. The third kappa shape index (κ3) is 3.74. The molecule has 0 aliphatic heterocycles. The van der Waals surface area contributed by atoms with Crippen LogP contribution < -0.4 is 4.74 Å². The largest absolute Gasteiger partial charge is 0.494 e. The summed E-state index contributed by atoms with van der Waals surface area (Å²) in [4.78, 5) is 4.42. The number of hydrogen-bond acceptors (Lipinski definition) is 2. The van der Waals surface area contributed by atoms with Crippen molar-refractivity contribution in [3.05, 3.63) is 65.7 Å². The van der Waals surface area contributed by atoms with Gasteiger partial charge in [-0.05, 0) is 30.2 Å². The van der Waals surface area contributed by atoms with Crippen molar-refractivity contribution in [1.82, 2.24) is 0 Å². The van der Waals surface area contributed by atoms with Crippen LogP contribution >= 0.6 is 0 Å². The standard InChI is InChI=1S/C16H17NO/c1-2-18-16-10-8-15(9-11-16)13-17-12-14-6-4-3-5-7-14/h3-12H,2,13H2,1H3. The van der Waals surface area contributed by atoms with Gasteiger partial charge in [-0.3, -0.25) is 4.99 Å². The predicted molar refractivity (Wildman–Crippen MR) is 75.4 cm³/mol. The van der Waals surface area contributed by atoms with E-state index >= 15 is 0 Å². The van der Waals surface area contributed by atoms with E-state index in [-0.39, 0.29) is 0 Å². The fraction of sp³-hybridized carbons (Fsp3) is 0.188. The fourth-order valence-corrected chi connectivity index (χ4v) is 1.65. The van der Waals surface area contributed by atoms with Gasteiger partial charge in [0, 0.05) is 6.21 Å². The summed E-state index contributed by atoms with van der Waals surface area (Å²) in [5, 5.41) is 0. The molecule has 0 aromatic heterocycles. The van der Waals surface area contributed by atoms with Gasteiger partial charge >= 0.3 is 0 Å². The zero-order valence-corrected chi connectivity index (χ0v) is 10.5. The van der Waals surface area contributed by atoms with Crippen molar-refractivity contribution in [1.29, 1.82) is 0 Å². The van der Waals surface area contributed by atoms with E-state index < -0.39 is 0 Å². The Kier molecular flexibility index (Phi) is 4.53. The number of rotatable bonds is 5. The molecule has 0 heterocycles. The van der Waals surface area contributed by atoms with Crippen LogP contribution in [0.4, 0.5) is 0 Å². The minimum Gasteiger partial charge on any atom is -0.494 e. The second-order valence-corrected chi connectivity index (χ2v) is 3.96. The molecular formula is C16H17NO. The van der Waals surface area contributed by atoms with Gasteiger partial charge in [-0.25, -0.2) is 0 Å². The highest BCUT2D eigenvalue weighted by Gasteiger charge is 1.93. The smallest absolute Gasteiger partial charge is 0.119 e. The molecule has 92 valence electrons. The molecule has 0 amide bonds. The summed E-state index contributed by atoms with van der Waals surface area (Å²) in [5.74, 6) is 0.910. The molecule has 0 atom stereocenters. The second-order valence-electron chi connectivity index (χ2n) is 3.96. The zero-order valence-electron chi connectivity index (χ0n) is 10.5. The highest BCUT2D eigenvalue weighted by molar-refractivity contribution is 5.79. The SMILES string of the molecule is CCOc1ccc(CN=Cc2ccccc2)cc1. The first-order chi connectivity index (χ1) is 8.88. The average Bonchev–Trinajstić information content (AvgIpc) is 2.42. The normalized spacial score (nSPS) is 10.7. The van der Waals surface area contributed by atoms with E-state index in [0.29, 0.717) is 13.2 Å². The molecule has 0 bridgehead atoms. The van der Waals surface area contributed by atoms with E-state index in [1.807, 2.05) is 67.7 Å². The van der Waals surface area contributed by atoms with Gasteiger partial charge in [0.2, 0.25) is 0 Å². The van der Waals surface area contributed by atoms with Crippen molar-refractivity contribution < 1.29 is 4.74 Å². The molecule has 2 aromatic rings. The van der Waals surface area contributed by atoms with Crippen LogP contribution in [-0.2, 0) is 6.54 Å². The molecule has 0 radical (unpaired) electrons. The summed E-state index contributed by atoms with van der Waals surface area (Å²) >= 11 is 0. The number of hydrogen-bond donors (Lipinski definition) is 0. The van der Waals surface area contributed by atoms with E-state index in [1.165, 1.54) is 5.56 Å². The van der Waals surface area contributed by atoms with Crippen LogP contribution in [0.15, 0.2) is 59.6 Å². The van der Waals surface area contributed by atoms with Crippen LogP contribution in [0.1, 0.15) is 18.1 Å². The Morgan fingerprint density at radius 1 is 1.00 bits per heavy atom. The molecule has 0 saturated heterocycles. The van der Waals surface area contributed by atoms with E-state index in [0.717, 1.165) is 11.3 Å². The highest BCUT2D eigenvalue weighted by atomic mass is 16.5. The number of ether oxygens (including phenoxy) is 1. The zero-order chi connectivity index (χ0) is 12.6. The Labute approximate surface area is 108 Å². The Hall–Kier alpha value is -2.09. The monoisotopic (exact) mass is 239 g/mol. The van der Waals surface area contributed by atoms with Gasteiger partial charge in [0.05, 0.1) is 13.2 Å². The molecule has 0 saturated carbocycles. The molecule has 0 N–H and O–H groups in total. The van der Waals surface area contributed by atoms with Crippen LogP contribution in [0.2, 0.25) is 0 Å². The fourth-order valence-electron chi connectivity index (χ4n) is 1.65. The molecule has 0 aliphatic rings. The van der Waals surface area contributed by atoms with Crippen molar-refractivity contribution in [3.63, 3.8) is 0 Å². The van der Waals surface area contributed by atoms with Crippen molar-refractivity contribution in [2.45, 2.75) is 13.5 Å². The van der Waals surface area contributed by atoms with E-state index in [1.54, 1.807) is 0 Å². The molecular weight excluding hydrogens is 222 g/mol. The molecule has 0 unspecified atom stereocenters. The molecule has 2 aromatic carbocycles. The second kappa shape index (κ2) is 6.60. The van der Waals surface area contributed by atoms with Gasteiger partial charge < -0.3 is 4.74 Å². The van der Waals surface area contributed by atoms with Crippen LogP contribution in [-0.4, -0.2) is 12.8 Å². The molecule has 2 rings (SSSR count). The summed E-state index contributed by atoms with van der Waals surface area (Å²) in [6, 6.07) is 18.2. The Morgan fingerprint density at radius 3 is 2.39 bits per heavy atom. The van der Waals surface area contributed by atoms with E-state index in [9.17, 15) is 0 Å². The Balaban J connectivity index is 1.92. The van der Waals surface area contributed by atoms with Crippen molar-refractivity contribution in [2.24, 2.45) is 4.99 Å². The molecule has 2 nitrogen and oxygen atoms in total. The van der Waals surface area contributed by atoms with E-state index in [2.05, 4.69) is 4.99 Å². The van der Waals surface area contributed by atoms with Gasteiger partial charge in [0.15, 0.2) is 0 Å². The van der Waals surface area contributed by atoms with Crippen molar-refractivity contribution in [3.8, 4) is 5.75 Å². The van der Waals surface area contributed by atoms with Gasteiger partial charge in [0.25, 0.3) is 0 Å². The lowest BCUT2D eigenvalue weighted by Crippen LogP contribution is -1.91. The van der Waals surface area contributed by atoms with Crippen LogP contribution in [0.5, 0.6) is 5.75 Å². The summed E-state index contributed by atoms with van der Waals surface area (Å²) in [5.41, 5.74) is 2.31. The summed E-state index contributed by atoms with van der Waals surface area (Å²) in [6.45, 7) is 3.38. The Bertz CT molecular complexity index is 488. The summed E-state index contributed by atoms with van der Waals surface area (Å²) in [6.07, 6.45) is 1.90. The first-order valence-corrected chi connectivity index (χ1v) is 6.15. The third-order valence-corrected chi connectivity index (χ3v) is 2.55. The lowest BCUT2D eigenvalue weighted by Gasteiger charge is -2.03. The third-order valence-electron chi connectivity index (χ3n) is 2.55. The molecule has 0 fully saturated rings. The Morgan fingerprint density at radius 2 is 1.72 bits per heavy atom. The maximum Gasteiger partial charge on any atom is 0.119 e. The molecule has 0 aliphatic carbocycles. The number of benzene rings is 2. The number of aliphatic imine (C=N–C) groups is 1. The first kappa shape index (κ1) is 12.4. The maximum absolute atomic E-state index is 5.40. The summed E-state index contributed by atoms with van der Waals surface area (Å²) in [7, 11) is 0. The van der Waals surface area contributed by atoms with Gasteiger partial charge in [-0.15, -0.1) is 0 Å². The maximum atomic E-state index is 5.40. The van der Waals surface area contributed by atoms with Gasteiger partial charge in [-0.2, -0.15) is 0 Å². The topological polar surface area (TPSA) is 21.6 Å². The lowest BCUT2D eigenvalue weighted by molar-refractivity contribution is 0.340. The van der Waals surface area contributed by atoms with E-state index in [4.69, 9.17) is 4.74 Å². The molecule has 2 heteroatoms. The average molecular weight is 239 g/mol. The highest BCUT2D eigenvalue weighted by Crippen LogP contribution is 2.12. The summed E-state index contributed by atoms with van der Waals surface area (Å²) < 4.78 is 5.40. The van der Waals surface area contributed by atoms with Gasteiger partial charge in [0.1, 0.15) is 5.75 Å². The van der Waals surface area contributed by atoms with Crippen molar-refractivity contribution in [2.75, 3.05) is 6.61 Å². The van der Waals surface area contributed by atoms with Crippen LogP contribution in [0, 0.1) is 0 Å². The molecule has 18 heavy (non-hydrogen) atoms. The van der Waals surface area contributed by atoms with Gasteiger partial charge in [-0.1, -0.05) is 42.5 Å². The lowest BCUT2D eigenvalue weighted by atomic mass is 10.2. The minimum absolute atomic E-state index is 0.696. The molecule has 0 spiro atoms. The number of nitrogens with zero attached hydrogens (tertiary/aromatic N) is 1. The minimum atomic E-state index is 0.696. The quantitative estimate of drug-likeness (QED) is 0.729. The first-order valence-electron chi connectivity index (χ1n) is 6.15. The van der Waals surface area contributed by atoms with Crippen LogP contribution in [0.3, 0.4) is 0 Å². The van der Waals surface area contributed by atoms with Crippen LogP contribution in [0.25, 0.3) is 0 Å². The van der Waals surface area contributed by atoms with Crippen molar-refractivity contribution >= 4 is 6.21 Å².